The molecule has 170 valence electrons. The molecule has 1 N–H and O–H groups in total. The molecule has 0 saturated carbocycles. The Kier molecular flexibility index (Phi) is 15.2. The minimum atomic E-state index is -0.230. The fraction of sp³-hybridized carbons (Fsp3) is 0.423. The molecule has 0 fully saturated rings. The SMILES string of the molecule is C=C.CC/C=C\CC.CCc1c[nH]cc1/C(C)=C/c1c(C)ncnc1CCC(=O)OC. The van der Waals surface area contributed by atoms with Crippen LogP contribution in [-0.4, -0.2) is 28.0 Å². The van der Waals surface area contributed by atoms with E-state index in [1.54, 1.807) is 6.33 Å². The summed E-state index contributed by atoms with van der Waals surface area (Å²) in [6, 6.07) is 0. The van der Waals surface area contributed by atoms with Crippen molar-refractivity contribution < 1.29 is 9.53 Å². The van der Waals surface area contributed by atoms with Crippen molar-refractivity contribution in [2.75, 3.05) is 7.11 Å². The first kappa shape index (κ1) is 28.1. The topological polar surface area (TPSA) is 67.9 Å². The van der Waals surface area contributed by atoms with Gasteiger partial charge < -0.3 is 9.72 Å². The van der Waals surface area contributed by atoms with Crippen LogP contribution in [0.4, 0.5) is 0 Å². The van der Waals surface area contributed by atoms with E-state index in [4.69, 9.17) is 4.74 Å². The molecule has 31 heavy (non-hydrogen) atoms. The molecule has 0 aromatic carbocycles. The maximum Gasteiger partial charge on any atom is 0.305 e. The predicted octanol–water partition coefficient (Wildman–Crippen LogP) is 6.51. The summed E-state index contributed by atoms with van der Waals surface area (Å²) in [4.78, 5) is 23.2. The van der Waals surface area contributed by atoms with Crippen LogP contribution in [0.15, 0.2) is 44.0 Å². The molecule has 0 spiro atoms. The summed E-state index contributed by atoms with van der Waals surface area (Å²) in [7, 11) is 1.40. The lowest BCUT2D eigenvalue weighted by atomic mass is 9.99. The molecule has 5 heteroatoms. The highest BCUT2D eigenvalue weighted by Gasteiger charge is 2.11. The number of hydrogen-bond donors (Lipinski definition) is 1. The lowest BCUT2D eigenvalue weighted by Gasteiger charge is -2.09. The first-order valence-electron chi connectivity index (χ1n) is 10.8. The highest BCUT2D eigenvalue weighted by Crippen LogP contribution is 2.24. The Balaban J connectivity index is 0.000000970. The third-order valence-electron chi connectivity index (χ3n) is 4.60. The molecule has 2 aromatic heterocycles. The van der Waals surface area contributed by atoms with Gasteiger partial charge in [0.05, 0.1) is 19.2 Å². The van der Waals surface area contributed by atoms with E-state index in [1.165, 1.54) is 31.1 Å². The van der Waals surface area contributed by atoms with Crippen LogP contribution in [0.1, 0.15) is 75.0 Å². The van der Waals surface area contributed by atoms with Crippen LogP contribution in [0.2, 0.25) is 0 Å². The van der Waals surface area contributed by atoms with E-state index in [0.29, 0.717) is 12.8 Å². The van der Waals surface area contributed by atoms with E-state index in [9.17, 15) is 4.79 Å². The van der Waals surface area contributed by atoms with Crippen molar-refractivity contribution in [2.45, 2.75) is 66.7 Å². The van der Waals surface area contributed by atoms with E-state index >= 15 is 0 Å². The van der Waals surface area contributed by atoms with Crippen molar-refractivity contribution in [3.63, 3.8) is 0 Å². The number of H-pyrrole nitrogens is 1. The van der Waals surface area contributed by atoms with Gasteiger partial charge in [-0.3, -0.25) is 4.79 Å². The number of aromatic nitrogens is 3. The molecule has 2 rings (SSSR count). The monoisotopic (exact) mass is 425 g/mol. The molecular weight excluding hydrogens is 386 g/mol. The van der Waals surface area contributed by atoms with Crippen LogP contribution in [0.25, 0.3) is 11.6 Å². The Bertz CT molecular complexity index is 829. The van der Waals surface area contributed by atoms with Crippen molar-refractivity contribution in [3.05, 3.63) is 72.1 Å². The van der Waals surface area contributed by atoms with E-state index in [-0.39, 0.29) is 5.97 Å². The lowest BCUT2D eigenvalue weighted by Crippen LogP contribution is -2.06. The molecule has 5 nitrogen and oxygen atoms in total. The van der Waals surface area contributed by atoms with Crippen LogP contribution in [-0.2, 0) is 22.4 Å². The second kappa shape index (κ2) is 16.8. The molecule has 0 radical (unpaired) electrons. The largest absolute Gasteiger partial charge is 0.469 e. The van der Waals surface area contributed by atoms with Crippen LogP contribution in [0.5, 0.6) is 0 Å². The number of hydrogen-bond acceptors (Lipinski definition) is 4. The second-order valence-corrected chi connectivity index (χ2v) is 6.76. The first-order chi connectivity index (χ1) is 15.0. The fourth-order valence-corrected chi connectivity index (χ4v) is 2.93. The molecule has 2 aromatic rings. The summed E-state index contributed by atoms with van der Waals surface area (Å²) in [5.74, 6) is -0.230. The molecule has 0 saturated heterocycles. The highest BCUT2D eigenvalue weighted by molar-refractivity contribution is 5.82. The van der Waals surface area contributed by atoms with Gasteiger partial charge in [0.1, 0.15) is 6.33 Å². The number of rotatable bonds is 8. The summed E-state index contributed by atoms with van der Waals surface area (Å²) in [5, 5.41) is 0. The summed E-state index contributed by atoms with van der Waals surface area (Å²) in [5.41, 5.74) is 6.40. The summed E-state index contributed by atoms with van der Waals surface area (Å²) in [6.07, 6.45) is 16.2. The second-order valence-electron chi connectivity index (χ2n) is 6.76. The smallest absolute Gasteiger partial charge is 0.305 e. The van der Waals surface area contributed by atoms with Crippen LogP contribution >= 0.6 is 0 Å². The van der Waals surface area contributed by atoms with Gasteiger partial charge in [0.25, 0.3) is 0 Å². The van der Waals surface area contributed by atoms with Gasteiger partial charge in [-0.15, -0.1) is 13.2 Å². The number of aryl methyl sites for hydroxylation is 3. The summed E-state index contributed by atoms with van der Waals surface area (Å²) in [6.45, 7) is 16.5. The van der Waals surface area contributed by atoms with Crippen LogP contribution < -0.4 is 0 Å². The molecule has 0 aliphatic heterocycles. The molecular formula is C26H39N3O2. The van der Waals surface area contributed by atoms with Gasteiger partial charge in [-0.05, 0) is 55.9 Å². The Hall–Kier alpha value is -2.95. The Morgan fingerprint density at radius 2 is 1.77 bits per heavy atom. The molecule has 0 unspecified atom stereocenters. The molecule has 0 amide bonds. The standard InChI is InChI=1S/C18H23N3O2.C6H12.C2H4/c1-5-14-9-19-10-16(14)12(2)8-15-13(3)20-11-21-17(15)6-7-18(22)23-4;1-3-5-6-4-2;1-2/h8-11,19H,5-7H2,1-4H3;5-6H,3-4H2,1-2H3;1-2H2/b12-8+;6-5-;. The molecule has 0 bridgehead atoms. The molecule has 0 aliphatic carbocycles. The van der Waals surface area contributed by atoms with Crippen molar-refractivity contribution in [1.29, 1.82) is 0 Å². The average Bonchev–Trinajstić information content (AvgIpc) is 3.28. The maximum absolute atomic E-state index is 11.4. The third kappa shape index (κ3) is 10.1. The fourth-order valence-electron chi connectivity index (χ4n) is 2.93. The predicted molar refractivity (Wildman–Crippen MR) is 132 cm³/mol. The number of nitrogens with one attached hydrogen (secondary N) is 1. The average molecular weight is 426 g/mol. The minimum absolute atomic E-state index is 0.230. The van der Waals surface area contributed by atoms with Crippen molar-refractivity contribution in [3.8, 4) is 0 Å². The number of ether oxygens (including phenoxy) is 1. The van der Waals surface area contributed by atoms with Crippen LogP contribution in [0.3, 0.4) is 0 Å². The Morgan fingerprint density at radius 1 is 1.13 bits per heavy atom. The van der Waals surface area contributed by atoms with Gasteiger partial charge in [0, 0.05) is 30.1 Å². The van der Waals surface area contributed by atoms with Gasteiger partial charge in [-0.1, -0.05) is 32.9 Å². The molecule has 0 aliphatic rings. The van der Waals surface area contributed by atoms with Gasteiger partial charge in [0.2, 0.25) is 0 Å². The zero-order valence-corrected chi connectivity index (χ0v) is 20.1. The first-order valence-corrected chi connectivity index (χ1v) is 10.8. The van der Waals surface area contributed by atoms with Crippen LogP contribution in [0, 0.1) is 6.92 Å². The van der Waals surface area contributed by atoms with Crippen molar-refractivity contribution >= 4 is 17.6 Å². The number of esters is 1. The molecule has 2 heterocycles. The Morgan fingerprint density at radius 3 is 2.32 bits per heavy atom. The number of methoxy groups -OCH3 is 1. The number of allylic oxidation sites excluding steroid dienone is 3. The van der Waals surface area contributed by atoms with E-state index in [0.717, 1.165) is 28.9 Å². The lowest BCUT2D eigenvalue weighted by molar-refractivity contribution is -0.140. The zero-order valence-electron chi connectivity index (χ0n) is 20.1. The van der Waals surface area contributed by atoms with Gasteiger partial charge in [0.15, 0.2) is 0 Å². The normalized spacial score (nSPS) is 10.7. The quantitative estimate of drug-likeness (QED) is 0.387. The summed E-state index contributed by atoms with van der Waals surface area (Å²) < 4.78 is 4.71. The van der Waals surface area contributed by atoms with Crippen molar-refractivity contribution in [1.82, 2.24) is 15.0 Å². The molecule has 0 atom stereocenters. The van der Waals surface area contributed by atoms with Gasteiger partial charge in [-0.2, -0.15) is 0 Å². The van der Waals surface area contributed by atoms with E-state index < -0.39 is 0 Å². The number of aromatic amines is 1. The van der Waals surface area contributed by atoms with E-state index in [2.05, 4.69) is 74.0 Å². The maximum atomic E-state index is 11.4. The Labute approximate surface area is 188 Å². The minimum Gasteiger partial charge on any atom is -0.469 e. The number of carbonyl (C=O) groups excluding carboxylic acids is 1. The third-order valence-corrected chi connectivity index (χ3v) is 4.60. The zero-order chi connectivity index (χ0) is 23.6. The van der Waals surface area contributed by atoms with E-state index in [1.807, 2.05) is 19.3 Å². The highest BCUT2D eigenvalue weighted by atomic mass is 16.5. The van der Waals surface area contributed by atoms with Gasteiger partial charge >= 0.3 is 5.97 Å². The number of carbonyl (C=O) groups is 1. The number of nitrogens with zero attached hydrogens (tertiary/aromatic N) is 2. The van der Waals surface area contributed by atoms with Crippen molar-refractivity contribution in [2.24, 2.45) is 0 Å². The summed E-state index contributed by atoms with van der Waals surface area (Å²) >= 11 is 0. The van der Waals surface area contributed by atoms with Gasteiger partial charge in [-0.25, -0.2) is 9.97 Å².